The summed E-state index contributed by atoms with van der Waals surface area (Å²) in [6.07, 6.45) is 7.99. The number of aromatic nitrogens is 3. The van der Waals surface area contributed by atoms with Crippen molar-refractivity contribution in [3.8, 4) is 24.2 Å². The first-order valence-electron chi connectivity index (χ1n) is 10.5. The molecule has 1 aromatic carbocycles. The van der Waals surface area contributed by atoms with E-state index >= 15 is 4.39 Å². The van der Waals surface area contributed by atoms with E-state index in [4.69, 9.17) is 16.9 Å². The van der Waals surface area contributed by atoms with Crippen LogP contribution in [-0.4, -0.2) is 31.5 Å². The number of anilines is 2. The summed E-state index contributed by atoms with van der Waals surface area (Å²) in [5.41, 5.74) is 5.74. The predicted octanol–water partition coefficient (Wildman–Crippen LogP) is 4.25. The van der Waals surface area contributed by atoms with E-state index in [2.05, 4.69) is 37.3 Å². The summed E-state index contributed by atoms with van der Waals surface area (Å²) in [4.78, 5) is 17.2. The van der Waals surface area contributed by atoms with Crippen molar-refractivity contribution < 1.29 is 13.5 Å². The fourth-order valence-corrected chi connectivity index (χ4v) is 5.11. The van der Waals surface area contributed by atoms with Crippen LogP contribution in [0.15, 0.2) is 35.7 Å². The molecule has 0 aliphatic carbocycles. The third kappa shape index (κ3) is 4.31. The number of halogens is 2. The molecule has 11 heteroatoms. The number of fused-ring (bicyclic) bond motifs is 1. The molecule has 1 aliphatic rings. The largest absolute Gasteiger partial charge is 0.479 e. The lowest BCUT2D eigenvalue weighted by Gasteiger charge is -2.43. The Bertz CT molecular complexity index is 1430. The van der Waals surface area contributed by atoms with Crippen LogP contribution in [0, 0.1) is 41.2 Å². The number of hydrogen-bond donors (Lipinski definition) is 2. The second-order valence-corrected chi connectivity index (χ2v) is 9.81. The number of nitrogens with one attached hydrogen (secondary N) is 1. The highest BCUT2D eigenvalue weighted by molar-refractivity contribution is 8.15. The Kier molecular flexibility index (Phi) is 6.22. The molecule has 3 heterocycles. The summed E-state index contributed by atoms with van der Waals surface area (Å²) in [7, 11) is 0. The van der Waals surface area contributed by atoms with Crippen LogP contribution in [0.5, 0.6) is 5.75 Å². The normalized spacial score (nSPS) is 23.7. The van der Waals surface area contributed by atoms with Crippen molar-refractivity contribution in [3.05, 3.63) is 47.9 Å². The quantitative estimate of drug-likeness (QED) is 0.506. The van der Waals surface area contributed by atoms with Crippen LogP contribution in [0.4, 0.5) is 20.3 Å². The van der Waals surface area contributed by atoms with E-state index in [0.29, 0.717) is 16.8 Å². The summed E-state index contributed by atoms with van der Waals surface area (Å²) >= 11 is 1.11. The number of nitrogens with zero attached hydrogens (tertiary/aromatic N) is 5. The second-order valence-electron chi connectivity index (χ2n) is 8.34. The number of pyridine rings is 1. The summed E-state index contributed by atoms with van der Waals surface area (Å²) in [5, 5.41) is 12.9. The highest BCUT2D eigenvalue weighted by Gasteiger charge is 2.50. The van der Waals surface area contributed by atoms with Crippen molar-refractivity contribution in [2.75, 3.05) is 11.9 Å². The maximum Gasteiger partial charge on any atom is 0.164 e. The number of hydrogen-bond acceptors (Lipinski definition) is 9. The molecule has 0 spiro atoms. The van der Waals surface area contributed by atoms with Crippen molar-refractivity contribution in [1.29, 1.82) is 5.26 Å². The highest BCUT2D eigenvalue weighted by Crippen LogP contribution is 2.50. The Morgan fingerprint density at radius 2 is 2.03 bits per heavy atom. The fourth-order valence-electron chi connectivity index (χ4n) is 3.99. The van der Waals surface area contributed by atoms with Crippen LogP contribution in [0.3, 0.4) is 0 Å². The molecule has 3 atom stereocenters. The third-order valence-corrected chi connectivity index (χ3v) is 7.33. The van der Waals surface area contributed by atoms with Crippen LogP contribution < -0.4 is 15.8 Å². The van der Waals surface area contributed by atoms with E-state index in [1.54, 1.807) is 26.8 Å². The topological polar surface area (TPSA) is 122 Å². The van der Waals surface area contributed by atoms with Crippen molar-refractivity contribution in [2.24, 2.45) is 16.6 Å². The molecule has 4 rings (SSSR count). The van der Waals surface area contributed by atoms with E-state index in [9.17, 15) is 9.65 Å². The predicted molar refractivity (Wildman–Crippen MR) is 131 cm³/mol. The number of terminal acetylenes is 1. The summed E-state index contributed by atoms with van der Waals surface area (Å²) in [6.45, 7) is 5.19. The van der Waals surface area contributed by atoms with Gasteiger partial charge in [-0.25, -0.2) is 23.7 Å². The molecule has 0 amide bonds. The zero-order valence-electron chi connectivity index (χ0n) is 19.1. The standard InChI is InChI=1S/C24H21F2N7OS/c1-5-6-34-15-9-18-20(29-10-15)21(31-12-30-18)32-14-7-16(19(26)17(25)8-14)24(4)13(2)23(3,11-27)35-22(28)33-24/h1,7-10,12-13H,6H2,2-4H3,(H2,28,33)(H,30,31,32)/t13-,23-,24+/m1/s1. The van der Waals surface area contributed by atoms with Gasteiger partial charge >= 0.3 is 0 Å². The molecule has 0 bridgehead atoms. The molecule has 0 saturated heterocycles. The van der Waals surface area contributed by atoms with Crippen molar-refractivity contribution in [2.45, 2.75) is 31.1 Å². The smallest absolute Gasteiger partial charge is 0.164 e. The van der Waals surface area contributed by atoms with Gasteiger partial charge in [0.1, 0.15) is 28.9 Å². The summed E-state index contributed by atoms with van der Waals surface area (Å²) in [6, 6.07) is 6.34. The maximum atomic E-state index is 15.1. The lowest BCUT2D eigenvalue weighted by Crippen LogP contribution is -2.48. The minimum Gasteiger partial charge on any atom is -0.479 e. The molecular weight excluding hydrogens is 472 g/mol. The van der Waals surface area contributed by atoms with E-state index in [1.165, 1.54) is 18.6 Å². The molecule has 0 radical (unpaired) electrons. The number of amidine groups is 1. The summed E-state index contributed by atoms with van der Waals surface area (Å²) in [5.74, 6) is 0.440. The SMILES string of the molecule is C#CCOc1cnc2c(Nc3cc(F)c(F)c([C@@]4(C)N=C(N)S[C@](C)(C#N)[C@H]4C)c3)ncnc2c1. The van der Waals surface area contributed by atoms with E-state index < -0.39 is 27.8 Å². The second kappa shape index (κ2) is 9.01. The molecule has 0 fully saturated rings. The average molecular weight is 494 g/mol. The lowest BCUT2D eigenvalue weighted by atomic mass is 9.74. The van der Waals surface area contributed by atoms with E-state index in [-0.39, 0.29) is 28.8 Å². The molecule has 0 unspecified atom stereocenters. The van der Waals surface area contributed by atoms with Gasteiger partial charge in [0.25, 0.3) is 0 Å². The molecule has 1 aliphatic heterocycles. The van der Waals surface area contributed by atoms with Crippen LogP contribution in [0.2, 0.25) is 0 Å². The molecule has 178 valence electrons. The average Bonchev–Trinajstić information content (AvgIpc) is 2.83. The Balaban J connectivity index is 1.77. The third-order valence-electron chi connectivity index (χ3n) is 6.16. The van der Waals surface area contributed by atoms with Gasteiger partial charge in [0.15, 0.2) is 22.6 Å². The van der Waals surface area contributed by atoms with Gasteiger partial charge in [-0.1, -0.05) is 24.6 Å². The summed E-state index contributed by atoms with van der Waals surface area (Å²) < 4.78 is 34.3. The molecule has 0 saturated carbocycles. The number of aliphatic imine (C=N–C) groups is 1. The first-order chi connectivity index (χ1) is 16.6. The fraction of sp³-hybridized carbons (Fsp3) is 0.292. The molecule has 35 heavy (non-hydrogen) atoms. The van der Waals surface area contributed by atoms with Gasteiger partial charge in [0, 0.05) is 29.3 Å². The molecular formula is C24H21F2N7OS. The van der Waals surface area contributed by atoms with E-state index in [1.807, 2.05) is 0 Å². The van der Waals surface area contributed by atoms with Crippen molar-refractivity contribution >= 4 is 39.5 Å². The number of rotatable bonds is 5. The zero-order valence-corrected chi connectivity index (χ0v) is 20.0. The minimum absolute atomic E-state index is 0.0338. The Labute approximate surface area is 205 Å². The lowest BCUT2D eigenvalue weighted by molar-refractivity contribution is 0.280. The van der Waals surface area contributed by atoms with Crippen LogP contribution in [0.25, 0.3) is 11.0 Å². The zero-order chi connectivity index (χ0) is 25.4. The first-order valence-corrected chi connectivity index (χ1v) is 11.3. The van der Waals surface area contributed by atoms with Gasteiger partial charge in [0.2, 0.25) is 0 Å². The number of thioether (sulfide) groups is 1. The minimum atomic E-state index is -1.29. The first kappa shape index (κ1) is 24.2. The van der Waals surface area contributed by atoms with Gasteiger partial charge in [-0.3, -0.25) is 4.99 Å². The number of benzene rings is 1. The van der Waals surface area contributed by atoms with Crippen LogP contribution in [-0.2, 0) is 5.54 Å². The van der Waals surface area contributed by atoms with Crippen molar-refractivity contribution in [1.82, 2.24) is 15.0 Å². The number of ether oxygens (including phenoxy) is 1. The Hall–Kier alpha value is -3.96. The molecule has 8 nitrogen and oxygen atoms in total. The van der Waals surface area contributed by atoms with Gasteiger partial charge in [-0.05, 0) is 19.9 Å². The number of nitriles is 1. The van der Waals surface area contributed by atoms with Gasteiger partial charge < -0.3 is 15.8 Å². The Morgan fingerprint density at radius 1 is 1.26 bits per heavy atom. The van der Waals surface area contributed by atoms with Gasteiger partial charge in [-0.15, -0.1) is 6.42 Å². The highest BCUT2D eigenvalue weighted by atomic mass is 32.2. The van der Waals surface area contributed by atoms with E-state index in [0.717, 1.165) is 17.8 Å². The van der Waals surface area contributed by atoms with Gasteiger partial charge in [0.05, 0.1) is 23.3 Å². The number of nitrogens with two attached hydrogens (primary N) is 1. The molecule has 3 N–H and O–H groups in total. The molecule has 2 aromatic heterocycles. The molecule has 3 aromatic rings. The monoisotopic (exact) mass is 493 g/mol. The maximum absolute atomic E-state index is 15.1. The van der Waals surface area contributed by atoms with Crippen LogP contribution >= 0.6 is 11.8 Å². The van der Waals surface area contributed by atoms with Crippen molar-refractivity contribution in [3.63, 3.8) is 0 Å². The van der Waals surface area contributed by atoms with Gasteiger partial charge in [-0.2, -0.15) is 5.26 Å². The van der Waals surface area contributed by atoms with Crippen LogP contribution in [0.1, 0.15) is 26.3 Å². The Morgan fingerprint density at radius 3 is 2.74 bits per heavy atom.